The highest BCUT2D eigenvalue weighted by Gasteiger charge is 2.69. The number of hydrogen-bond acceptors (Lipinski definition) is 10. The molecule has 0 bridgehead atoms. The number of aromatic hydroxyl groups is 1. The molecule has 2 fully saturated rings. The first-order chi connectivity index (χ1) is 16.9. The molecule has 190 valence electrons. The summed E-state index contributed by atoms with van der Waals surface area (Å²) in [5, 5.41) is 22.0. The van der Waals surface area contributed by atoms with Gasteiger partial charge in [-0.05, 0) is 56.1 Å². The molecule has 0 saturated heterocycles. The van der Waals surface area contributed by atoms with E-state index in [1.807, 2.05) is 0 Å². The topological polar surface area (TPSA) is 181 Å². The van der Waals surface area contributed by atoms with Crippen molar-refractivity contribution in [3.8, 4) is 5.75 Å². The Bertz CT molecular complexity index is 1250. The fourth-order valence-electron chi connectivity index (χ4n) is 6.01. The van der Waals surface area contributed by atoms with Gasteiger partial charge in [0.05, 0.1) is 24.6 Å². The van der Waals surface area contributed by atoms with Gasteiger partial charge in [0.1, 0.15) is 5.75 Å². The lowest BCUT2D eigenvalue weighted by Crippen LogP contribution is -2.74. The highest BCUT2D eigenvalue weighted by molar-refractivity contribution is 6.32. The number of rotatable bonds is 4. The number of benzene rings is 1. The maximum Gasteiger partial charge on any atom is 0.330 e. The zero-order chi connectivity index (χ0) is 26.7. The first-order valence-corrected chi connectivity index (χ1v) is 11.3. The number of fused-ring (bicyclic) bond motifs is 3. The fourth-order valence-corrected chi connectivity index (χ4v) is 6.01. The third kappa shape index (κ3) is 3.49. The van der Waals surface area contributed by atoms with Crippen LogP contribution in [0.3, 0.4) is 0 Å². The molecule has 0 heterocycles. The SMILES string of the molecule is COC(=O)C=Cc1ccc(O)c2c1C[C@H]1C[C@H]3[C@H](N(C)C)C(=O)C(C(N)=O)C(=O)[C@@]3(O)C(=O)C1C2=O. The van der Waals surface area contributed by atoms with Crippen molar-refractivity contribution in [3.05, 3.63) is 34.9 Å². The van der Waals surface area contributed by atoms with Gasteiger partial charge in [0, 0.05) is 12.0 Å². The van der Waals surface area contributed by atoms with Crippen LogP contribution in [-0.2, 0) is 35.1 Å². The number of ether oxygens (including phenoxy) is 1. The van der Waals surface area contributed by atoms with Gasteiger partial charge in [-0.3, -0.25) is 28.9 Å². The highest BCUT2D eigenvalue weighted by atomic mass is 16.5. The molecular weight excluding hydrogens is 472 g/mol. The maximum atomic E-state index is 13.7. The Kier molecular flexibility index (Phi) is 6.17. The van der Waals surface area contributed by atoms with Crippen molar-refractivity contribution in [2.45, 2.75) is 24.5 Å². The van der Waals surface area contributed by atoms with Crippen molar-refractivity contribution in [1.82, 2.24) is 4.90 Å². The lowest BCUT2D eigenvalue weighted by Gasteiger charge is -2.52. The molecule has 6 atom stereocenters. The number of esters is 1. The summed E-state index contributed by atoms with van der Waals surface area (Å²) in [5.74, 6) is -11.7. The second-order valence-corrected chi connectivity index (χ2v) is 9.67. The van der Waals surface area contributed by atoms with Crippen LogP contribution < -0.4 is 5.73 Å². The molecule has 3 aliphatic rings. The number of hydrogen-bond donors (Lipinski definition) is 3. The minimum absolute atomic E-state index is 0.0558. The average Bonchev–Trinajstić information content (AvgIpc) is 2.80. The quantitative estimate of drug-likeness (QED) is 0.266. The predicted molar refractivity (Wildman–Crippen MR) is 122 cm³/mol. The summed E-state index contributed by atoms with van der Waals surface area (Å²) in [5.41, 5.74) is 3.22. The number of aliphatic hydroxyl groups is 1. The second kappa shape index (κ2) is 8.75. The van der Waals surface area contributed by atoms with Crippen LogP contribution in [0, 0.1) is 23.7 Å². The Morgan fingerprint density at radius 3 is 2.42 bits per heavy atom. The predicted octanol–water partition coefficient (Wildman–Crippen LogP) is -0.947. The molecule has 3 aliphatic carbocycles. The van der Waals surface area contributed by atoms with E-state index < -0.39 is 76.1 Å². The van der Waals surface area contributed by atoms with Crippen LogP contribution >= 0.6 is 0 Å². The van der Waals surface area contributed by atoms with Crippen molar-refractivity contribution in [1.29, 1.82) is 0 Å². The molecule has 0 aromatic heterocycles. The van der Waals surface area contributed by atoms with E-state index in [0.717, 1.165) is 6.08 Å². The first kappa shape index (κ1) is 25.4. The Balaban J connectivity index is 1.85. The molecule has 11 heteroatoms. The van der Waals surface area contributed by atoms with Gasteiger partial charge in [-0.25, -0.2) is 4.79 Å². The summed E-state index contributed by atoms with van der Waals surface area (Å²) < 4.78 is 4.59. The number of nitrogens with zero attached hydrogens (tertiary/aromatic N) is 1. The zero-order valence-corrected chi connectivity index (χ0v) is 19.9. The van der Waals surface area contributed by atoms with Crippen LogP contribution in [0.25, 0.3) is 6.08 Å². The number of likely N-dealkylation sites (N-methyl/N-ethyl adjacent to an activating group) is 1. The molecule has 36 heavy (non-hydrogen) atoms. The second-order valence-electron chi connectivity index (χ2n) is 9.67. The van der Waals surface area contributed by atoms with Crippen molar-refractivity contribution < 1.29 is 43.7 Å². The molecule has 2 unspecified atom stereocenters. The largest absolute Gasteiger partial charge is 0.507 e. The van der Waals surface area contributed by atoms with Gasteiger partial charge >= 0.3 is 5.97 Å². The van der Waals surface area contributed by atoms with Crippen molar-refractivity contribution >= 4 is 41.1 Å². The Hall–Kier alpha value is -3.70. The lowest BCUT2D eigenvalue weighted by molar-refractivity contribution is -0.181. The van der Waals surface area contributed by atoms with Gasteiger partial charge in [-0.1, -0.05) is 6.07 Å². The number of Topliss-reactive ketones (excluding diaryl/α,β-unsaturated/α-hetero) is 4. The summed E-state index contributed by atoms with van der Waals surface area (Å²) in [7, 11) is 4.24. The number of amides is 1. The minimum atomic E-state index is -2.77. The molecule has 0 aliphatic heterocycles. The van der Waals surface area contributed by atoms with Crippen LogP contribution in [0.5, 0.6) is 5.75 Å². The third-order valence-corrected chi connectivity index (χ3v) is 7.58. The van der Waals surface area contributed by atoms with Crippen molar-refractivity contribution in [2.75, 3.05) is 21.2 Å². The van der Waals surface area contributed by atoms with E-state index in [9.17, 15) is 39.0 Å². The Morgan fingerprint density at radius 1 is 1.17 bits per heavy atom. The number of phenolic OH excluding ortho intramolecular Hbond substituents is 1. The summed E-state index contributed by atoms with van der Waals surface area (Å²) >= 11 is 0. The number of ketones is 4. The molecule has 1 amide bonds. The van der Waals surface area contributed by atoms with E-state index in [2.05, 4.69) is 4.74 Å². The lowest BCUT2D eigenvalue weighted by atomic mass is 9.52. The molecule has 2 saturated carbocycles. The van der Waals surface area contributed by atoms with Crippen LogP contribution in [0.2, 0.25) is 0 Å². The van der Waals surface area contributed by atoms with E-state index in [1.54, 1.807) is 0 Å². The van der Waals surface area contributed by atoms with Gasteiger partial charge in [0.25, 0.3) is 0 Å². The van der Waals surface area contributed by atoms with Gasteiger partial charge in [-0.15, -0.1) is 0 Å². The van der Waals surface area contributed by atoms with Gasteiger partial charge in [0.15, 0.2) is 34.7 Å². The van der Waals surface area contributed by atoms with E-state index >= 15 is 0 Å². The van der Waals surface area contributed by atoms with Crippen LogP contribution in [0.4, 0.5) is 0 Å². The number of nitrogens with two attached hydrogens (primary N) is 1. The first-order valence-electron chi connectivity index (χ1n) is 11.3. The molecule has 11 nitrogen and oxygen atoms in total. The monoisotopic (exact) mass is 498 g/mol. The summed E-state index contributed by atoms with van der Waals surface area (Å²) in [6.07, 6.45) is 2.62. The maximum absolute atomic E-state index is 13.7. The van der Waals surface area contributed by atoms with E-state index in [-0.39, 0.29) is 18.4 Å². The summed E-state index contributed by atoms with van der Waals surface area (Å²) in [6.45, 7) is 0. The molecule has 0 spiro atoms. The zero-order valence-electron chi connectivity index (χ0n) is 19.9. The van der Waals surface area contributed by atoms with Crippen LogP contribution in [-0.4, -0.2) is 83.0 Å². The number of methoxy groups -OCH3 is 1. The van der Waals surface area contributed by atoms with Crippen LogP contribution in [0.15, 0.2) is 18.2 Å². The van der Waals surface area contributed by atoms with Gasteiger partial charge < -0.3 is 20.7 Å². The smallest absolute Gasteiger partial charge is 0.330 e. The number of carbonyl (C=O) groups excluding carboxylic acids is 6. The fraction of sp³-hybridized carbons (Fsp3) is 0.440. The number of phenols is 1. The molecule has 1 aromatic carbocycles. The van der Waals surface area contributed by atoms with E-state index in [0.29, 0.717) is 11.1 Å². The standard InChI is InChI=1S/C25H26N2O9/c1-27(2)19-13-9-11-8-12-10(5-7-15(29)36-3)4-6-14(28)17(12)20(30)16(11)22(32)25(13,35)23(33)18(21(19)31)24(26)34/h4-7,11,13,16,18-19,28,35H,8-9H2,1-3H3,(H2,26,34)/t11-,13-,16?,18?,19-,25-/m0/s1. The minimum Gasteiger partial charge on any atom is -0.507 e. The van der Waals surface area contributed by atoms with Crippen molar-refractivity contribution in [2.24, 2.45) is 29.4 Å². The third-order valence-electron chi connectivity index (χ3n) is 7.58. The summed E-state index contributed by atoms with van der Waals surface area (Å²) in [6, 6.07) is 1.58. The molecule has 4 rings (SSSR count). The number of primary amides is 1. The average molecular weight is 498 g/mol. The van der Waals surface area contributed by atoms with Crippen LogP contribution in [0.1, 0.15) is 27.9 Å². The Labute approximate surface area is 205 Å². The Morgan fingerprint density at radius 2 is 1.83 bits per heavy atom. The summed E-state index contributed by atoms with van der Waals surface area (Å²) in [4.78, 5) is 78.6. The molecule has 0 radical (unpaired) electrons. The van der Waals surface area contributed by atoms with E-state index in [4.69, 9.17) is 5.73 Å². The van der Waals surface area contributed by atoms with E-state index in [1.165, 1.54) is 44.3 Å². The molecule has 4 N–H and O–H groups in total. The normalized spacial score (nSPS) is 31.8. The van der Waals surface area contributed by atoms with Gasteiger partial charge in [0.2, 0.25) is 5.91 Å². The van der Waals surface area contributed by atoms with Crippen molar-refractivity contribution in [3.63, 3.8) is 0 Å². The molecule has 1 aromatic rings. The highest BCUT2D eigenvalue weighted by Crippen LogP contribution is 2.51. The van der Waals surface area contributed by atoms with Gasteiger partial charge in [-0.2, -0.15) is 0 Å². The number of carbonyl (C=O) groups is 6. The molecular formula is C25H26N2O9.